The van der Waals surface area contributed by atoms with Gasteiger partial charge in [-0.15, -0.1) is 12.4 Å². The van der Waals surface area contributed by atoms with Gasteiger partial charge in [-0.1, -0.05) is 18.2 Å². The third-order valence-electron chi connectivity index (χ3n) is 3.63. The molecule has 7 heteroatoms. The standard InChI is InChI=1S/C14H17N3O2S.ClH/c15-12-6-3-9-17(10-12)20(18,19)13-7-1-4-11-5-2-8-16-14(11)13;/h1-2,4-5,7-8,12H,3,6,9-10,15H2;1H. The van der Waals surface area contributed by atoms with Crippen molar-refractivity contribution in [2.45, 2.75) is 23.8 Å². The molecular weight excluding hydrogens is 310 g/mol. The highest BCUT2D eigenvalue weighted by Crippen LogP contribution is 2.25. The summed E-state index contributed by atoms with van der Waals surface area (Å²) in [5.41, 5.74) is 6.41. The van der Waals surface area contributed by atoms with E-state index in [9.17, 15) is 8.42 Å². The van der Waals surface area contributed by atoms with Gasteiger partial charge in [-0.3, -0.25) is 4.98 Å². The van der Waals surface area contributed by atoms with Crippen LogP contribution in [-0.4, -0.2) is 36.8 Å². The molecule has 1 aliphatic rings. The van der Waals surface area contributed by atoms with E-state index in [1.165, 1.54) is 4.31 Å². The van der Waals surface area contributed by atoms with E-state index in [1.54, 1.807) is 24.4 Å². The van der Waals surface area contributed by atoms with Crippen LogP contribution in [0.3, 0.4) is 0 Å². The zero-order valence-electron chi connectivity index (χ0n) is 11.5. The molecule has 1 saturated heterocycles. The van der Waals surface area contributed by atoms with Gasteiger partial charge in [0.25, 0.3) is 0 Å². The number of nitrogens with two attached hydrogens (primary N) is 1. The van der Waals surface area contributed by atoms with E-state index in [0.717, 1.165) is 18.2 Å². The summed E-state index contributed by atoms with van der Waals surface area (Å²) < 4.78 is 27.0. The lowest BCUT2D eigenvalue weighted by molar-refractivity contribution is 0.316. The minimum absolute atomic E-state index is 0. The molecule has 0 amide bonds. The molecule has 1 aromatic carbocycles. The number of para-hydroxylation sites is 1. The van der Waals surface area contributed by atoms with E-state index in [2.05, 4.69) is 4.98 Å². The summed E-state index contributed by atoms with van der Waals surface area (Å²) in [5, 5.41) is 0.829. The van der Waals surface area contributed by atoms with Crippen LogP contribution in [0.25, 0.3) is 10.9 Å². The molecule has 1 aliphatic heterocycles. The Morgan fingerprint density at radius 3 is 2.76 bits per heavy atom. The van der Waals surface area contributed by atoms with E-state index >= 15 is 0 Å². The maximum Gasteiger partial charge on any atom is 0.245 e. The largest absolute Gasteiger partial charge is 0.327 e. The van der Waals surface area contributed by atoms with Crippen LogP contribution in [0.4, 0.5) is 0 Å². The van der Waals surface area contributed by atoms with Crippen LogP contribution in [0, 0.1) is 0 Å². The number of aromatic nitrogens is 1. The topological polar surface area (TPSA) is 76.3 Å². The fraction of sp³-hybridized carbons (Fsp3) is 0.357. The van der Waals surface area contributed by atoms with Crippen molar-refractivity contribution in [1.29, 1.82) is 0 Å². The lowest BCUT2D eigenvalue weighted by Gasteiger charge is -2.30. The average Bonchev–Trinajstić information content (AvgIpc) is 2.46. The molecule has 5 nitrogen and oxygen atoms in total. The minimum Gasteiger partial charge on any atom is -0.327 e. The molecular formula is C14H18ClN3O2S. The van der Waals surface area contributed by atoms with Gasteiger partial charge in [0, 0.05) is 30.7 Å². The first-order valence-corrected chi connectivity index (χ1v) is 8.12. The highest BCUT2D eigenvalue weighted by molar-refractivity contribution is 7.89. The van der Waals surface area contributed by atoms with Gasteiger partial charge in [-0.25, -0.2) is 8.42 Å². The van der Waals surface area contributed by atoms with Crippen LogP contribution < -0.4 is 5.73 Å². The van der Waals surface area contributed by atoms with Crippen LogP contribution in [0.1, 0.15) is 12.8 Å². The summed E-state index contributed by atoms with van der Waals surface area (Å²) in [6.07, 6.45) is 3.29. The van der Waals surface area contributed by atoms with E-state index < -0.39 is 10.0 Å². The van der Waals surface area contributed by atoms with Crippen molar-refractivity contribution in [1.82, 2.24) is 9.29 Å². The van der Waals surface area contributed by atoms with Gasteiger partial charge < -0.3 is 5.73 Å². The SMILES string of the molecule is Cl.NC1CCCN(S(=O)(=O)c2cccc3cccnc23)C1. The summed E-state index contributed by atoms with van der Waals surface area (Å²) in [5.74, 6) is 0. The summed E-state index contributed by atoms with van der Waals surface area (Å²) >= 11 is 0. The summed E-state index contributed by atoms with van der Waals surface area (Å²) in [6, 6.07) is 8.81. The molecule has 2 heterocycles. The van der Waals surface area contributed by atoms with Crippen LogP contribution in [0.5, 0.6) is 0 Å². The number of hydrogen-bond donors (Lipinski definition) is 1. The van der Waals surface area contributed by atoms with Crippen molar-refractivity contribution in [2.24, 2.45) is 5.73 Å². The predicted octanol–water partition coefficient (Wildman–Crippen LogP) is 1.77. The van der Waals surface area contributed by atoms with E-state index in [1.807, 2.05) is 12.1 Å². The zero-order valence-corrected chi connectivity index (χ0v) is 13.1. The maximum absolute atomic E-state index is 12.8. The van der Waals surface area contributed by atoms with Gasteiger partial charge in [0.15, 0.2) is 0 Å². The van der Waals surface area contributed by atoms with Crippen molar-refractivity contribution >= 4 is 33.3 Å². The van der Waals surface area contributed by atoms with Gasteiger partial charge in [0.05, 0.1) is 5.52 Å². The number of pyridine rings is 1. The Hall–Kier alpha value is -1.21. The van der Waals surface area contributed by atoms with Crippen LogP contribution in [0.15, 0.2) is 41.4 Å². The van der Waals surface area contributed by atoms with Crippen molar-refractivity contribution < 1.29 is 8.42 Å². The molecule has 0 spiro atoms. The van der Waals surface area contributed by atoms with Crippen LogP contribution in [0.2, 0.25) is 0 Å². The average molecular weight is 328 g/mol. The van der Waals surface area contributed by atoms with Gasteiger partial charge in [-0.05, 0) is 25.0 Å². The van der Waals surface area contributed by atoms with Gasteiger partial charge in [-0.2, -0.15) is 4.31 Å². The molecule has 1 fully saturated rings. The van der Waals surface area contributed by atoms with Crippen molar-refractivity contribution in [2.75, 3.05) is 13.1 Å². The van der Waals surface area contributed by atoms with Crippen molar-refractivity contribution in [3.63, 3.8) is 0 Å². The third kappa shape index (κ3) is 3.03. The molecule has 1 unspecified atom stereocenters. The quantitative estimate of drug-likeness (QED) is 0.912. The predicted molar refractivity (Wildman–Crippen MR) is 85.0 cm³/mol. The van der Waals surface area contributed by atoms with Crippen LogP contribution >= 0.6 is 12.4 Å². The number of rotatable bonds is 2. The number of halogens is 1. The number of nitrogens with zero attached hydrogens (tertiary/aromatic N) is 2. The number of piperidine rings is 1. The normalized spacial score (nSPS) is 20.1. The lowest BCUT2D eigenvalue weighted by Crippen LogP contribution is -2.45. The number of sulfonamides is 1. The Kier molecular flexibility index (Phi) is 4.83. The van der Waals surface area contributed by atoms with Gasteiger partial charge in [0.2, 0.25) is 10.0 Å². The summed E-state index contributed by atoms with van der Waals surface area (Å²) in [4.78, 5) is 4.49. The van der Waals surface area contributed by atoms with Gasteiger partial charge >= 0.3 is 0 Å². The maximum atomic E-state index is 12.8. The molecule has 2 N–H and O–H groups in total. The number of benzene rings is 1. The number of fused-ring (bicyclic) bond motifs is 1. The molecule has 1 atom stereocenters. The fourth-order valence-corrected chi connectivity index (χ4v) is 4.32. The smallest absolute Gasteiger partial charge is 0.245 e. The molecule has 0 saturated carbocycles. The van der Waals surface area contributed by atoms with E-state index in [-0.39, 0.29) is 23.3 Å². The first kappa shape index (κ1) is 16.2. The summed E-state index contributed by atoms with van der Waals surface area (Å²) in [7, 11) is -3.53. The fourth-order valence-electron chi connectivity index (χ4n) is 2.62. The second-order valence-corrected chi connectivity index (χ2v) is 7.00. The van der Waals surface area contributed by atoms with E-state index in [0.29, 0.717) is 18.6 Å². The molecule has 0 radical (unpaired) electrons. The van der Waals surface area contributed by atoms with Crippen molar-refractivity contribution in [3.05, 3.63) is 36.5 Å². The highest BCUT2D eigenvalue weighted by Gasteiger charge is 2.30. The second kappa shape index (κ2) is 6.27. The molecule has 1 aromatic heterocycles. The third-order valence-corrected chi connectivity index (χ3v) is 5.53. The highest BCUT2D eigenvalue weighted by atomic mass is 35.5. The Balaban J connectivity index is 0.00000161. The Labute approximate surface area is 130 Å². The number of hydrogen-bond acceptors (Lipinski definition) is 4. The second-order valence-electron chi connectivity index (χ2n) is 5.10. The summed E-state index contributed by atoms with van der Waals surface area (Å²) in [6.45, 7) is 0.908. The monoisotopic (exact) mass is 327 g/mol. The molecule has 3 rings (SSSR count). The zero-order chi connectivity index (χ0) is 14.2. The lowest BCUT2D eigenvalue weighted by atomic mass is 10.1. The first-order chi connectivity index (χ1) is 9.59. The van der Waals surface area contributed by atoms with Gasteiger partial charge in [0.1, 0.15) is 4.90 Å². The van der Waals surface area contributed by atoms with Crippen LogP contribution in [-0.2, 0) is 10.0 Å². The first-order valence-electron chi connectivity index (χ1n) is 6.68. The molecule has 2 aromatic rings. The molecule has 0 aliphatic carbocycles. The minimum atomic E-state index is -3.53. The van der Waals surface area contributed by atoms with E-state index in [4.69, 9.17) is 5.73 Å². The molecule has 0 bridgehead atoms. The Morgan fingerprint density at radius 1 is 1.24 bits per heavy atom. The Morgan fingerprint density at radius 2 is 2.00 bits per heavy atom. The van der Waals surface area contributed by atoms with Crippen molar-refractivity contribution in [3.8, 4) is 0 Å². The molecule has 114 valence electrons. The Bertz CT molecular complexity index is 731. The molecule has 21 heavy (non-hydrogen) atoms.